The molecular formula is C19H27NO. The molecule has 21 heavy (non-hydrogen) atoms. The van der Waals surface area contributed by atoms with Gasteiger partial charge in [0.1, 0.15) is 0 Å². The predicted molar refractivity (Wildman–Crippen MR) is 87.6 cm³/mol. The number of carbonyl (C=O) groups is 1. The first kappa shape index (κ1) is 14.6. The van der Waals surface area contributed by atoms with Crippen molar-refractivity contribution in [1.82, 2.24) is 0 Å². The van der Waals surface area contributed by atoms with Crippen molar-refractivity contribution < 1.29 is 4.79 Å². The van der Waals surface area contributed by atoms with Crippen molar-refractivity contribution in [1.29, 1.82) is 0 Å². The highest BCUT2D eigenvalue weighted by Gasteiger charge is 2.38. The summed E-state index contributed by atoms with van der Waals surface area (Å²) in [7, 11) is 0. The van der Waals surface area contributed by atoms with E-state index in [9.17, 15) is 4.79 Å². The van der Waals surface area contributed by atoms with E-state index in [2.05, 4.69) is 45.9 Å². The summed E-state index contributed by atoms with van der Waals surface area (Å²) in [6.45, 7) is 11.7. The quantitative estimate of drug-likeness (QED) is 0.799. The first-order valence-electron chi connectivity index (χ1n) is 8.21. The minimum absolute atomic E-state index is 0.0673. The van der Waals surface area contributed by atoms with E-state index in [1.54, 1.807) is 6.92 Å². The van der Waals surface area contributed by atoms with Crippen molar-refractivity contribution in [3.8, 4) is 0 Å². The molecule has 0 saturated heterocycles. The molecule has 1 aromatic rings. The van der Waals surface area contributed by atoms with Gasteiger partial charge in [-0.2, -0.15) is 0 Å². The molecule has 1 aromatic carbocycles. The standard InChI is InChI=1S/C19H27NO/c1-12-8-16(13(12)2)9-15-6-7-17-18(10-15)20(14(3)21)11-19(17,4)5/h6-7,10,12-13,16H,8-9,11H2,1-5H3. The highest BCUT2D eigenvalue weighted by atomic mass is 16.2. The lowest BCUT2D eigenvalue weighted by molar-refractivity contribution is -0.116. The second kappa shape index (κ2) is 4.86. The number of anilines is 1. The summed E-state index contributed by atoms with van der Waals surface area (Å²) < 4.78 is 0. The van der Waals surface area contributed by atoms with Crippen LogP contribution in [0.25, 0.3) is 0 Å². The zero-order chi connectivity index (χ0) is 15.4. The van der Waals surface area contributed by atoms with Crippen molar-refractivity contribution >= 4 is 11.6 Å². The Balaban J connectivity index is 1.87. The third-order valence-electron chi connectivity index (χ3n) is 5.83. The Morgan fingerprint density at radius 1 is 1.33 bits per heavy atom. The third-order valence-corrected chi connectivity index (χ3v) is 5.83. The Labute approximate surface area is 128 Å². The van der Waals surface area contributed by atoms with Crippen LogP contribution in [0, 0.1) is 17.8 Å². The number of benzene rings is 1. The summed E-state index contributed by atoms with van der Waals surface area (Å²) in [4.78, 5) is 13.9. The molecule has 114 valence electrons. The van der Waals surface area contributed by atoms with E-state index in [-0.39, 0.29) is 11.3 Å². The summed E-state index contributed by atoms with van der Waals surface area (Å²) in [5, 5.41) is 0. The van der Waals surface area contributed by atoms with Crippen molar-refractivity contribution in [2.45, 2.75) is 52.9 Å². The maximum absolute atomic E-state index is 11.9. The van der Waals surface area contributed by atoms with Gasteiger partial charge in [-0.25, -0.2) is 0 Å². The van der Waals surface area contributed by atoms with Gasteiger partial charge in [0, 0.05) is 24.6 Å². The average Bonchev–Trinajstić information content (AvgIpc) is 2.70. The van der Waals surface area contributed by atoms with Crippen LogP contribution in [-0.4, -0.2) is 12.5 Å². The van der Waals surface area contributed by atoms with Gasteiger partial charge in [-0.3, -0.25) is 4.79 Å². The molecule has 0 aromatic heterocycles. The van der Waals surface area contributed by atoms with Crippen molar-refractivity contribution in [2.75, 3.05) is 11.4 Å². The second-order valence-corrected chi connectivity index (χ2v) is 7.88. The molecule has 0 N–H and O–H groups in total. The lowest BCUT2D eigenvalue weighted by Gasteiger charge is -2.41. The molecule has 3 unspecified atom stereocenters. The maximum Gasteiger partial charge on any atom is 0.223 e. The monoisotopic (exact) mass is 285 g/mol. The lowest BCUT2D eigenvalue weighted by Crippen LogP contribution is -2.34. The van der Waals surface area contributed by atoms with Crippen LogP contribution in [0.5, 0.6) is 0 Å². The number of hydrogen-bond donors (Lipinski definition) is 0. The highest BCUT2D eigenvalue weighted by Crippen LogP contribution is 2.44. The van der Waals surface area contributed by atoms with E-state index >= 15 is 0 Å². The van der Waals surface area contributed by atoms with Crippen LogP contribution in [0.4, 0.5) is 5.69 Å². The Hall–Kier alpha value is -1.31. The molecule has 1 saturated carbocycles. The molecule has 1 aliphatic carbocycles. The molecule has 0 radical (unpaired) electrons. The number of fused-ring (bicyclic) bond motifs is 1. The molecule has 3 atom stereocenters. The first-order valence-corrected chi connectivity index (χ1v) is 8.21. The van der Waals surface area contributed by atoms with Gasteiger partial charge in [-0.15, -0.1) is 0 Å². The molecule has 2 heteroatoms. The van der Waals surface area contributed by atoms with Crippen LogP contribution >= 0.6 is 0 Å². The van der Waals surface area contributed by atoms with Gasteiger partial charge in [-0.05, 0) is 47.8 Å². The Kier molecular flexibility index (Phi) is 3.38. The van der Waals surface area contributed by atoms with E-state index in [1.165, 1.54) is 17.5 Å². The summed E-state index contributed by atoms with van der Waals surface area (Å²) in [5.74, 6) is 2.68. The van der Waals surface area contributed by atoms with Crippen molar-refractivity contribution in [3.63, 3.8) is 0 Å². The Bertz CT molecular complexity index is 575. The molecule has 0 bridgehead atoms. The van der Waals surface area contributed by atoms with Gasteiger partial charge in [0.15, 0.2) is 0 Å². The van der Waals surface area contributed by atoms with E-state index in [1.807, 2.05) is 4.90 Å². The zero-order valence-corrected chi connectivity index (χ0v) is 13.9. The molecule has 1 amide bonds. The summed E-state index contributed by atoms with van der Waals surface area (Å²) in [6, 6.07) is 6.79. The van der Waals surface area contributed by atoms with Gasteiger partial charge >= 0.3 is 0 Å². The lowest BCUT2D eigenvalue weighted by atomic mass is 9.64. The van der Waals surface area contributed by atoms with Crippen LogP contribution in [0.15, 0.2) is 18.2 Å². The van der Waals surface area contributed by atoms with E-state index in [0.29, 0.717) is 0 Å². The fourth-order valence-electron chi connectivity index (χ4n) is 4.09. The van der Waals surface area contributed by atoms with Gasteiger partial charge < -0.3 is 4.90 Å². The minimum Gasteiger partial charge on any atom is -0.311 e. The van der Waals surface area contributed by atoms with Gasteiger partial charge in [0.2, 0.25) is 5.91 Å². The zero-order valence-electron chi connectivity index (χ0n) is 13.9. The fourth-order valence-corrected chi connectivity index (χ4v) is 4.09. The van der Waals surface area contributed by atoms with E-state index in [0.717, 1.165) is 36.4 Å². The topological polar surface area (TPSA) is 20.3 Å². The first-order chi connectivity index (χ1) is 9.79. The molecule has 3 rings (SSSR count). The van der Waals surface area contributed by atoms with Gasteiger partial charge in [-0.1, -0.05) is 39.8 Å². The SMILES string of the molecule is CC(=O)N1CC(C)(C)c2ccc(CC3CC(C)C3C)cc21. The van der Waals surface area contributed by atoms with Crippen LogP contribution in [0.2, 0.25) is 0 Å². The molecule has 1 fully saturated rings. The Morgan fingerprint density at radius 3 is 2.62 bits per heavy atom. The third kappa shape index (κ3) is 2.39. The Morgan fingerprint density at radius 2 is 2.05 bits per heavy atom. The number of carbonyl (C=O) groups excluding carboxylic acids is 1. The van der Waals surface area contributed by atoms with Gasteiger partial charge in [0.25, 0.3) is 0 Å². The molecule has 0 spiro atoms. The van der Waals surface area contributed by atoms with Gasteiger partial charge in [0.05, 0.1) is 0 Å². The molecule has 1 heterocycles. The summed E-state index contributed by atoms with van der Waals surface area (Å²) in [6.07, 6.45) is 2.51. The van der Waals surface area contributed by atoms with Crippen LogP contribution in [-0.2, 0) is 16.6 Å². The molecule has 1 aliphatic heterocycles. The molecular weight excluding hydrogens is 258 g/mol. The summed E-state index contributed by atoms with van der Waals surface area (Å²) >= 11 is 0. The normalized spacial score (nSPS) is 30.0. The number of rotatable bonds is 2. The molecule has 2 aliphatic rings. The van der Waals surface area contributed by atoms with Crippen LogP contribution in [0.1, 0.15) is 52.2 Å². The summed E-state index contributed by atoms with van der Waals surface area (Å²) in [5.41, 5.74) is 3.92. The maximum atomic E-state index is 11.9. The molecule has 2 nitrogen and oxygen atoms in total. The largest absolute Gasteiger partial charge is 0.311 e. The smallest absolute Gasteiger partial charge is 0.223 e. The minimum atomic E-state index is 0.0673. The van der Waals surface area contributed by atoms with E-state index in [4.69, 9.17) is 0 Å². The predicted octanol–water partition coefficient (Wildman–Crippen LogP) is 4.17. The number of nitrogens with zero attached hydrogens (tertiary/aromatic N) is 1. The average molecular weight is 285 g/mol. The number of amides is 1. The number of hydrogen-bond acceptors (Lipinski definition) is 1. The van der Waals surface area contributed by atoms with Crippen molar-refractivity contribution in [2.24, 2.45) is 17.8 Å². The highest BCUT2D eigenvalue weighted by molar-refractivity contribution is 5.94. The fraction of sp³-hybridized carbons (Fsp3) is 0.632. The van der Waals surface area contributed by atoms with Crippen LogP contribution < -0.4 is 4.90 Å². The van der Waals surface area contributed by atoms with E-state index < -0.39 is 0 Å². The van der Waals surface area contributed by atoms with Crippen molar-refractivity contribution in [3.05, 3.63) is 29.3 Å². The second-order valence-electron chi connectivity index (χ2n) is 7.88. The van der Waals surface area contributed by atoms with Crippen LogP contribution in [0.3, 0.4) is 0 Å².